The Hall–Kier alpha value is -2.60. The number of fused-ring (bicyclic) bond motifs is 2. The Morgan fingerprint density at radius 3 is 1.50 bits per heavy atom. The lowest BCUT2D eigenvalue weighted by Crippen LogP contribution is -2.01. The fourth-order valence-corrected chi connectivity index (χ4v) is 3.66. The zero-order valence-electron chi connectivity index (χ0n) is 14.1. The molecule has 0 saturated carbocycles. The van der Waals surface area contributed by atoms with Gasteiger partial charge in [0.25, 0.3) is 0 Å². The van der Waals surface area contributed by atoms with Crippen LogP contribution in [0.1, 0.15) is 36.8 Å². The van der Waals surface area contributed by atoms with Gasteiger partial charge in [0, 0.05) is 5.92 Å². The van der Waals surface area contributed by atoms with Crippen molar-refractivity contribution in [1.82, 2.24) is 0 Å². The Balaban J connectivity index is 1.81. The Morgan fingerprint density at radius 2 is 1.04 bits per heavy atom. The van der Waals surface area contributed by atoms with Crippen molar-refractivity contribution in [3.05, 3.63) is 96.1 Å². The first-order valence-corrected chi connectivity index (χ1v) is 8.82. The van der Waals surface area contributed by atoms with E-state index in [-0.39, 0.29) is 0 Å². The van der Waals surface area contributed by atoms with Crippen molar-refractivity contribution >= 4 is 21.5 Å². The highest BCUT2D eigenvalue weighted by Gasteiger charge is 2.14. The van der Waals surface area contributed by atoms with Crippen LogP contribution in [0.2, 0.25) is 0 Å². The maximum atomic E-state index is 2.37. The lowest BCUT2D eigenvalue weighted by atomic mass is 9.86. The molecule has 0 heterocycles. The quantitative estimate of drug-likeness (QED) is 0.383. The molecule has 0 unspecified atom stereocenters. The Bertz CT molecular complexity index is 902. The molecule has 0 spiro atoms. The van der Waals surface area contributed by atoms with Crippen molar-refractivity contribution in [2.75, 3.05) is 0 Å². The average molecular weight is 310 g/mol. The van der Waals surface area contributed by atoms with Crippen molar-refractivity contribution < 1.29 is 0 Å². The van der Waals surface area contributed by atoms with E-state index in [1.807, 2.05) is 0 Å². The molecule has 118 valence electrons. The van der Waals surface area contributed by atoms with Crippen LogP contribution in [0.4, 0.5) is 0 Å². The number of rotatable bonds is 4. The predicted octanol–water partition coefficient (Wildman–Crippen LogP) is 6.93. The molecule has 4 aromatic rings. The Morgan fingerprint density at radius 1 is 0.583 bits per heavy atom. The van der Waals surface area contributed by atoms with E-state index in [1.54, 1.807) is 0 Å². The molecule has 0 nitrogen and oxygen atoms in total. The second kappa shape index (κ2) is 6.49. The molecule has 0 fully saturated rings. The van der Waals surface area contributed by atoms with Crippen LogP contribution >= 0.6 is 0 Å². The highest BCUT2D eigenvalue weighted by molar-refractivity contribution is 5.84. The van der Waals surface area contributed by atoms with Gasteiger partial charge in [0.2, 0.25) is 0 Å². The van der Waals surface area contributed by atoms with E-state index in [2.05, 4.69) is 91.9 Å². The van der Waals surface area contributed by atoms with Crippen molar-refractivity contribution in [2.24, 2.45) is 0 Å². The van der Waals surface area contributed by atoms with Gasteiger partial charge in [-0.05, 0) is 39.1 Å². The second-order valence-corrected chi connectivity index (χ2v) is 6.55. The highest BCUT2D eigenvalue weighted by Crippen LogP contribution is 2.33. The minimum atomic E-state index is 0.462. The first kappa shape index (κ1) is 15.0. The molecule has 0 aliphatic carbocycles. The molecule has 4 aromatic carbocycles. The molecule has 0 heteroatoms. The first-order valence-electron chi connectivity index (χ1n) is 8.82. The van der Waals surface area contributed by atoms with Crippen LogP contribution in [0.3, 0.4) is 0 Å². The fourth-order valence-electron chi connectivity index (χ4n) is 3.66. The lowest BCUT2D eigenvalue weighted by Gasteiger charge is -2.19. The topological polar surface area (TPSA) is 0 Å². The summed E-state index contributed by atoms with van der Waals surface area (Å²) in [6.45, 7) is 2.27. The second-order valence-electron chi connectivity index (χ2n) is 6.55. The van der Waals surface area contributed by atoms with Crippen molar-refractivity contribution in [1.29, 1.82) is 0 Å². The molecule has 0 amide bonds. The van der Waals surface area contributed by atoms with E-state index in [0.29, 0.717) is 5.92 Å². The monoisotopic (exact) mass is 310 g/mol. The summed E-state index contributed by atoms with van der Waals surface area (Å²) in [6, 6.07) is 31.1. The molecule has 4 rings (SSSR count). The summed E-state index contributed by atoms with van der Waals surface area (Å²) < 4.78 is 0. The molecule has 0 aromatic heterocycles. The third-order valence-corrected chi connectivity index (χ3v) is 4.93. The zero-order valence-corrected chi connectivity index (χ0v) is 14.1. The SMILES string of the molecule is CCCC(c1ccc2ccccc2c1)c1ccc2ccccc2c1. The first-order chi connectivity index (χ1) is 11.8. The van der Waals surface area contributed by atoms with Crippen LogP contribution in [-0.2, 0) is 0 Å². The maximum absolute atomic E-state index is 2.37. The van der Waals surface area contributed by atoms with Crippen LogP contribution in [0.5, 0.6) is 0 Å². The van der Waals surface area contributed by atoms with E-state index in [1.165, 1.54) is 45.5 Å². The molecule has 0 N–H and O–H groups in total. The molecular formula is C24H22. The van der Waals surface area contributed by atoms with Crippen molar-refractivity contribution in [2.45, 2.75) is 25.7 Å². The van der Waals surface area contributed by atoms with E-state index < -0.39 is 0 Å². The number of hydrogen-bond acceptors (Lipinski definition) is 0. The summed E-state index contributed by atoms with van der Waals surface area (Å²) in [4.78, 5) is 0. The van der Waals surface area contributed by atoms with Crippen molar-refractivity contribution in [3.8, 4) is 0 Å². The Labute approximate surface area is 143 Å². The third kappa shape index (κ3) is 2.80. The molecule has 0 saturated heterocycles. The fraction of sp³-hybridized carbons (Fsp3) is 0.167. The van der Waals surface area contributed by atoms with Crippen LogP contribution in [-0.4, -0.2) is 0 Å². The average Bonchev–Trinajstić information content (AvgIpc) is 2.65. The lowest BCUT2D eigenvalue weighted by molar-refractivity contribution is 0.700. The molecule has 0 radical (unpaired) electrons. The molecular weight excluding hydrogens is 288 g/mol. The normalized spacial score (nSPS) is 11.4. The molecule has 0 aliphatic heterocycles. The van der Waals surface area contributed by atoms with Gasteiger partial charge >= 0.3 is 0 Å². The summed E-state index contributed by atoms with van der Waals surface area (Å²) in [6.07, 6.45) is 2.36. The van der Waals surface area contributed by atoms with Gasteiger partial charge in [-0.25, -0.2) is 0 Å². The summed E-state index contributed by atoms with van der Waals surface area (Å²) >= 11 is 0. The molecule has 0 aliphatic rings. The highest BCUT2D eigenvalue weighted by atomic mass is 14.2. The van der Waals surface area contributed by atoms with Gasteiger partial charge in [0.05, 0.1) is 0 Å². The summed E-state index contributed by atoms with van der Waals surface area (Å²) in [5, 5.41) is 5.29. The van der Waals surface area contributed by atoms with Crippen LogP contribution in [0.15, 0.2) is 84.9 Å². The Kier molecular flexibility index (Phi) is 4.04. The zero-order chi connectivity index (χ0) is 16.4. The van der Waals surface area contributed by atoms with E-state index in [9.17, 15) is 0 Å². The maximum Gasteiger partial charge on any atom is 0.00896 e. The summed E-state index contributed by atoms with van der Waals surface area (Å²) in [5.41, 5.74) is 2.84. The van der Waals surface area contributed by atoms with Gasteiger partial charge in [-0.2, -0.15) is 0 Å². The predicted molar refractivity (Wildman–Crippen MR) is 105 cm³/mol. The minimum Gasteiger partial charge on any atom is -0.0653 e. The third-order valence-electron chi connectivity index (χ3n) is 4.93. The van der Waals surface area contributed by atoms with Gasteiger partial charge in [-0.15, -0.1) is 0 Å². The van der Waals surface area contributed by atoms with Crippen molar-refractivity contribution in [3.63, 3.8) is 0 Å². The molecule has 0 atom stereocenters. The number of benzene rings is 4. The van der Waals surface area contributed by atoms with Crippen LogP contribution < -0.4 is 0 Å². The van der Waals surface area contributed by atoms with Gasteiger partial charge in [0.1, 0.15) is 0 Å². The molecule has 24 heavy (non-hydrogen) atoms. The summed E-state index contributed by atoms with van der Waals surface area (Å²) in [5.74, 6) is 0.462. The largest absolute Gasteiger partial charge is 0.0653 e. The molecule has 0 bridgehead atoms. The van der Waals surface area contributed by atoms with E-state index in [0.717, 1.165) is 0 Å². The van der Waals surface area contributed by atoms with Gasteiger partial charge in [0.15, 0.2) is 0 Å². The van der Waals surface area contributed by atoms with E-state index >= 15 is 0 Å². The standard InChI is InChI=1S/C24H22/c1-2-7-24(22-14-12-18-8-3-5-10-20(18)16-22)23-15-13-19-9-4-6-11-21(19)17-23/h3-6,8-17,24H,2,7H2,1H3. The summed E-state index contributed by atoms with van der Waals surface area (Å²) in [7, 11) is 0. The van der Waals surface area contributed by atoms with Gasteiger partial charge < -0.3 is 0 Å². The smallest absolute Gasteiger partial charge is 0.00896 e. The van der Waals surface area contributed by atoms with Gasteiger partial charge in [-0.3, -0.25) is 0 Å². The van der Waals surface area contributed by atoms with Crippen LogP contribution in [0, 0.1) is 0 Å². The van der Waals surface area contributed by atoms with Gasteiger partial charge in [-0.1, -0.05) is 98.3 Å². The van der Waals surface area contributed by atoms with Crippen LogP contribution in [0.25, 0.3) is 21.5 Å². The number of hydrogen-bond donors (Lipinski definition) is 0. The minimum absolute atomic E-state index is 0.462. The van der Waals surface area contributed by atoms with E-state index in [4.69, 9.17) is 0 Å².